The molecule has 13 heavy (non-hydrogen) atoms. The maximum Gasteiger partial charge on any atom is 0.380 e. The van der Waals surface area contributed by atoms with E-state index < -0.39 is 4.92 Å². The van der Waals surface area contributed by atoms with Crippen LogP contribution in [-0.2, 0) is 4.79 Å². The summed E-state index contributed by atoms with van der Waals surface area (Å²) in [6, 6.07) is 0. The van der Waals surface area contributed by atoms with Gasteiger partial charge in [0.15, 0.2) is 0 Å². The normalized spacial score (nSPS) is 16.5. The summed E-state index contributed by atoms with van der Waals surface area (Å²) in [5.74, 6) is -0.0860. The van der Waals surface area contributed by atoms with E-state index >= 15 is 0 Å². The quantitative estimate of drug-likeness (QED) is 0.315. The molecule has 0 atom stereocenters. The maximum atomic E-state index is 10.5. The minimum atomic E-state index is -0.581. The average molecular weight is 187 g/mol. The zero-order valence-corrected chi connectivity index (χ0v) is 7.14. The zero-order valence-electron chi connectivity index (χ0n) is 7.14. The first-order valence-corrected chi connectivity index (χ1v) is 3.40. The lowest BCUT2D eigenvalue weighted by Gasteiger charge is -2.10. The lowest BCUT2D eigenvalue weighted by molar-refractivity contribution is -0.446. The Morgan fingerprint density at radius 1 is 1.54 bits per heavy atom. The van der Waals surface area contributed by atoms with Crippen LogP contribution in [0.4, 0.5) is 0 Å². The third-order valence-electron chi connectivity index (χ3n) is 1.53. The van der Waals surface area contributed by atoms with Gasteiger partial charge in [0.2, 0.25) is 12.2 Å². The van der Waals surface area contributed by atoms with Gasteiger partial charge in [-0.15, -0.1) is 0 Å². The first-order chi connectivity index (χ1) is 6.07. The van der Waals surface area contributed by atoms with Gasteiger partial charge in [-0.2, -0.15) is 5.01 Å². The van der Waals surface area contributed by atoms with Gasteiger partial charge >= 0.3 is 5.82 Å². The van der Waals surface area contributed by atoms with E-state index in [4.69, 9.17) is 0 Å². The van der Waals surface area contributed by atoms with Crippen molar-refractivity contribution in [3.05, 3.63) is 21.8 Å². The van der Waals surface area contributed by atoms with Crippen molar-refractivity contribution in [3.63, 3.8) is 0 Å². The number of hydrazine groups is 2. The number of carbonyl (C=O) groups excluding carboxylic acids is 1. The third kappa shape index (κ3) is 1.51. The molecule has 1 heterocycles. The minimum Gasteiger partial charge on any atom is -0.358 e. The van der Waals surface area contributed by atoms with Gasteiger partial charge in [0.25, 0.3) is 0 Å². The molecule has 0 bridgehead atoms. The van der Waals surface area contributed by atoms with E-state index in [9.17, 15) is 14.9 Å². The Morgan fingerprint density at radius 3 is 2.62 bits per heavy atom. The second-order valence-electron chi connectivity index (χ2n) is 2.41. The van der Waals surface area contributed by atoms with Crippen molar-refractivity contribution in [2.75, 3.05) is 14.1 Å². The van der Waals surface area contributed by atoms with Crippen LogP contribution in [-0.4, -0.2) is 35.4 Å². The molecule has 8 nitrogen and oxygen atoms in total. The molecular weight excluding hydrogens is 178 g/mol. The molecule has 0 aromatic heterocycles. The largest absolute Gasteiger partial charge is 0.380 e. The number of nitrogens with one attached hydrogen (secondary N) is 2. The van der Waals surface area contributed by atoms with Crippen molar-refractivity contribution in [2.24, 2.45) is 0 Å². The Kier molecular flexibility index (Phi) is 2.33. The van der Waals surface area contributed by atoms with Crippen molar-refractivity contribution < 1.29 is 9.72 Å². The van der Waals surface area contributed by atoms with Gasteiger partial charge in [-0.3, -0.25) is 9.80 Å². The molecule has 0 saturated heterocycles. The van der Waals surface area contributed by atoms with Gasteiger partial charge in [0, 0.05) is 7.05 Å². The van der Waals surface area contributed by atoms with Gasteiger partial charge in [-0.25, -0.2) is 0 Å². The number of amides is 1. The molecule has 2 N–H and O–H groups in total. The summed E-state index contributed by atoms with van der Waals surface area (Å²) in [6.07, 6.45) is 0.385. The van der Waals surface area contributed by atoms with E-state index in [-0.39, 0.29) is 11.6 Å². The molecule has 0 unspecified atom stereocenters. The Balaban J connectivity index is 3.01. The summed E-state index contributed by atoms with van der Waals surface area (Å²) in [6.45, 7) is 0. The molecule has 1 aliphatic heterocycles. The number of hydrogen-bond acceptors (Lipinski definition) is 6. The average Bonchev–Trinajstić information content (AvgIpc) is 2.27. The lowest BCUT2D eigenvalue weighted by Crippen LogP contribution is -2.38. The molecule has 1 amide bonds. The molecule has 1 rings (SSSR count). The predicted octanol–water partition coefficient (Wildman–Crippen LogP) is -1.57. The summed E-state index contributed by atoms with van der Waals surface area (Å²) in [5, 5.41) is 15.3. The van der Waals surface area contributed by atoms with Crippen LogP contribution in [0.5, 0.6) is 0 Å². The fourth-order valence-electron chi connectivity index (χ4n) is 1.06. The lowest BCUT2D eigenvalue weighted by atomic mass is 10.6. The van der Waals surface area contributed by atoms with Crippen molar-refractivity contribution in [1.82, 2.24) is 20.9 Å². The highest BCUT2D eigenvalue weighted by molar-refractivity contribution is 5.50. The highest BCUT2D eigenvalue weighted by atomic mass is 16.6. The molecule has 0 spiro atoms. The first kappa shape index (κ1) is 9.26. The van der Waals surface area contributed by atoms with E-state index in [0.29, 0.717) is 6.41 Å². The fourth-order valence-corrected chi connectivity index (χ4v) is 1.06. The topological polar surface area (TPSA) is 90.8 Å². The van der Waals surface area contributed by atoms with Crippen molar-refractivity contribution in [3.8, 4) is 0 Å². The molecule has 72 valence electrons. The standard InChI is InChI=1S/C5H9N5O3/c1-8-4(6-3-11)5(10(12)13)9(2)7-8/h3,7H,1-2H3,(H,6,11). The maximum absolute atomic E-state index is 10.5. The summed E-state index contributed by atoms with van der Waals surface area (Å²) in [5.41, 5.74) is 2.61. The Hall–Kier alpha value is -1.83. The monoisotopic (exact) mass is 187 g/mol. The molecule has 0 fully saturated rings. The number of carbonyl (C=O) groups is 1. The van der Waals surface area contributed by atoms with Crippen molar-refractivity contribution in [2.45, 2.75) is 0 Å². The molecule has 8 heteroatoms. The molecular formula is C5H9N5O3. The molecule has 0 aliphatic carbocycles. The second kappa shape index (κ2) is 3.27. The molecule has 0 radical (unpaired) electrons. The van der Waals surface area contributed by atoms with E-state index in [0.717, 1.165) is 0 Å². The fraction of sp³-hybridized carbons (Fsp3) is 0.400. The van der Waals surface area contributed by atoms with Gasteiger partial charge in [-0.05, 0) is 4.92 Å². The number of nitrogens with zero attached hydrogens (tertiary/aromatic N) is 3. The summed E-state index contributed by atoms with van der Waals surface area (Å²) in [4.78, 5) is 20.1. The van der Waals surface area contributed by atoms with Crippen LogP contribution in [0.1, 0.15) is 0 Å². The SMILES string of the molecule is CN1NN(C)C([N+](=O)[O-])=C1NC=O. The van der Waals surface area contributed by atoms with Crippen LogP contribution in [0.25, 0.3) is 0 Å². The highest BCUT2D eigenvalue weighted by Crippen LogP contribution is 2.13. The van der Waals surface area contributed by atoms with Crippen LogP contribution in [0.2, 0.25) is 0 Å². The second-order valence-corrected chi connectivity index (χ2v) is 2.41. The Bertz CT molecular complexity index is 275. The molecule has 0 saturated carbocycles. The minimum absolute atomic E-state index is 0.113. The van der Waals surface area contributed by atoms with Crippen LogP contribution >= 0.6 is 0 Å². The molecule has 0 aromatic carbocycles. The smallest absolute Gasteiger partial charge is 0.358 e. The van der Waals surface area contributed by atoms with Crippen molar-refractivity contribution >= 4 is 6.41 Å². The van der Waals surface area contributed by atoms with Crippen LogP contribution < -0.4 is 10.9 Å². The van der Waals surface area contributed by atoms with Crippen LogP contribution in [0.3, 0.4) is 0 Å². The highest BCUT2D eigenvalue weighted by Gasteiger charge is 2.34. The first-order valence-electron chi connectivity index (χ1n) is 3.40. The zero-order chi connectivity index (χ0) is 10.0. The number of nitro groups is 1. The van der Waals surface area contributed by atoms with Gasteiger partial charge in [0.1, 0.15) is 0 Å². The molecule has 1 aliphatic rings. The molecule has 0 aromatic rings. The Labute approximate surface area is 73.9 Å². The Morgan fingerprint density at radius 2 is 2.15 bits per heavy atom. The number of rotatable bonds is 3. The van der Waals surface area contributed by atoms with E-state index in [1.165, 1.54) is 17.1 Å². The summed E-state index contributed by atoms with van der Waals surface area (Å²) >= 11 is 0. The third-order valence-corrected chi connectivity index (χ3v) is 1.53. The van der Waals surface area contributed by atoms with Crippen LogP contribution in [0, 0.1) is 10.1 Å². The van der Waals surface area contributed by atoms with Crippen LogP contribution in [0.15, 0.2) is 11.6 Å². The van der Waals surface area contributed by atoms with Gasteiger partial charge < -0.3 is 15.4 Å². The van der Waals surface area contributed by atoms with E-state index in [1.54, 1.807) is 7.05 Å². The van der Waals surface area contributed by atoms with Gasteiger partial charge in [0.05, 0.1) is 7.05 Å². The van der Waals surface area contributed by atoms with E-state index in [1.807, 2.05) is 0 Å². The van der Waals surface area contributed by atoms with Crippen molar-refractivity contribution in [1.29, 1.82) is 0 Å². The van der Waals surface area contributed by atoms with Gasteiger partial charge in [-0.1, -0.05) is 5.53 Å². The van der Waals surface area contributed by atoms with E-state index in [2.05, 4.69) is 10.9 Å². The summed E-state index contributed by atoms with van der Waals surface area (Å²) in [7, 11) is 3.03. The predicted molar refractivity (Wildman–Crippen MR) is 41.9 cm³/mol. The summed E-state index contributed by atoms with van der Waals surface area (Å²) < 4.78 is 0. The number of hydrogen-bond donors (Lipinski definition) is 2.